The zero-order valence-corrected chi connectivity index (χ0v) is 13.3. The molecule has 120 valence electrons. The van der Waals surface area contributed by atoms with Crippen LogP contribution in [0.25, 0.3) is 10.9 Å². The fourth-order valence-corrected chi connectivity index (χ4v) is 2.60. The summed E-state index contributed by atoms with van der Waals surface area (Å²) in [7, 11) is 3.44. The van der Waals surface area contributed by atoms with E-state index in [9.17, 15) is 10.1 Å². The molecule has 0 saturated carbocycles. The molecule has 2 aromatic heterocycles. The van der Waals surface area contributed by atoms with Crippen molar-refractivity contribution < 1.29 is 4.79 Å². The van der Waals surface area contributed by atoms with Gasteiger partial charge >= 0.3 is 6.03 Å². The van der Waals surface area contributed by atoms with Crippen LogP contribution in [0.1, 0.15) is 5.56 Å². The number of nitriles is 1. The van der Waals surface area contributed by atoms with E-state index in [2.05, 4.69) is 16.4 Å². The summed E-state index contributed by atoms with van der Waals surface area (Å²) >= 11 is 0. The van der Waals surface area contributed by atoms with Crippen LogP contribution in [0.3, 0.4) is 0 Å². The number of nitrogens with zero attached hydrogens (tertiary/aromatic N) is 4. The molecule has 2 heterocycles. The maximum atomic E-state index is 11.8. The molecule has 0 aliphatic rings. The maximum absolute atomic E-state index is 11.8. The lowest BCUT2D eigenvalue weighted by atomic mass is 10.1. The van der Waals surface area contributed by atoms with Gasteiger partial charge in [0.05, 0.1) is 16.8 Å². The topological polar surface area (TPSA) is 100.0 Å². The number of carbonyl (C=O) groups excluding carboxylic acids is 1. The van der Waals surface area contributed by atoms with Crippen molar-refractivity contribution >= 4 is 34.1 Å². The number of nitrogens with one attached hydrogen (secondary N) is 1. The molecule has 3 N–H and O–H groups in total. The molecule has 0 aliphatic heterocycles. The van der Waals surface area contributed by atoms with E-state index in [1.807, 2.05) is 36.2 Å². The van der Waals surface area contributed by atoms with Crippen LogP contribution in [0.4, 0.5) is 22.0 Å². The number of benzene rings is 1. The van der Waals surface area contributed by atoms with Crippen LogP contribution in [-0.4, -0.2) is 29.7 Å². The van der Waals surface area contributed by atoms with Crippen LogP contribution in [0.5, 0.6) is 0 Å². The minimum absolute atomic E-state index is 0.195. The number of fused-ring (bicyclic) bond motifs is 1. The summed E-state index contributed by atoms with van der Waals surface area (Å²) in [6, 6.07) is 11.2. The Morgan fingerprint density at radius 1 is 1.38 bits per heavy atom. The van der Waals surface area contributed by atoms with Gasteiger partial charge in [-0.25, -0.2) is 9.78 Å². The fourth-order valence-electron chi connectivity index (χ4n) is 2.60. The highest BCUT2D eigenvalue weighted by atomic mass is 16.2. The van der Waals surface area contributed by atoms with Gasteiger partial charge in [-0.05, 0) is 24.3 Å². The second-order valence-electron chi connectivity index (χ2n) is 5.28. The number of hydrogen-bond acceptors (Lipinski definition) is 5. The van der Waals surface area contributed by atoms with Crippen LogP contribution < -0.4 is 16.0 Å². The molecule has 0 radical (unpaired) electrons. The summed E-state index contributed by atoms with van der Waals surface area (Å²) in [6.07, 6.45) is 3.18. The molecular weight excluding hydrogens is 304 g/mol. The summed E-state index contributed by atoms with van der Waals surface area (Å²) in [5, 5.41) is 12.8. The number of hydrogen-bond donors (Lipinski definition) is 2. The first-order valence-electron chi connectivity index (χ1n) is 7.27. The lowest BCUT2D eigenvalue weighted by molar-refractivity contribution is 0.245. The predicted molar refractivity (Wildman–Crippen MR) is 93.2 cm³/mol. The van der Waals surface area contributed by atoms with Gasteiger partial charge in [-0.2, -0.15) is 5.26 Å². The number of rotatable bonds is 2. The number of amides is 1. The lowest BCUT2D eigenvalue weighted by Crippen LogP contribution is -2.23. The van der Waals surface area contributed by atoms with Crippen LogP contribution >= 0.6 is 0 Å². The van der Waals surface area contributed by atoms with Crippen LogP contribution in [0.15, 0.2) is 42.7 Å². The molecule has 7 nitrogen and oxygen atoms in total. The Hall–Kier alpha value is -3.53. The highest BCUT2D eigenvalue weighted by molar-refractivity contribution is 5.93. The van der Waals surface area contributed by atoms with E-state index in [0.717, 1.165) is 16.6 Å². The summed E-state index contributed by atoms with van der Waals surface area (Å²) in [5.74, 6) is 0.350. The van der Waals surface area contributed by atoms with Crippen molar-refractivity contribution in [3.05, 3.63) is 48.3 Å². The summed E-state index contributed by atoms with van der Waals surface area (Å²) in [6.45, 7) is 0. The second kappa shape index (κ2) is 5.93. The van der Waals surface area contributed by atoms with Crippen molar-refractivity contribution in [3.8, 4) is 6.07 Å². The largest absolute Gasteiger partial charge is 0.384 e. The van der Waals surface area contributed by atoms with Gasteiger partial charge in [0.15, 0.2) is 0 Å². The number of pyridine rings is 1. The quantitative estimate of drug-likeness (QED) is 0.755. The minimum atomic E-state index is -0.195. The third-order valence-electron chi connectivity index (χ3n) is 3.88. The van der Waals surface area contributed by atoms with Gasteiger partial charge in [0.1, 0.15) is 11.9 Å². The first-order chi connectivity index (χ1) is 11.5. The molecule has 1 aromatic carbocycles. The van der Waals surface area contributed by atoms with Gasteiger partial charge in [0.25, 0.3) is 0 Å². The third-order valence-corrected chi connectivity index (χ3v) is 3.88. The van der Waals surface area contributed by atoms with Crippen molar-refractivity contribution in [2.45, 2.75) is 0 Å². The smallest absolute Gasteiger partial charge is 0.325 e. The average molecular weight is 320 g/mol. The van der Waals surface area contributed by atoms with E-state index in [-0.39, 0.29) is 6.03 Å². The molecule has 0 atom stereocenters. The highest BCUT2D eigenvalue weighted by Gasteiger charge is 2.13. The molecule has 1 amide bonds. The van der Waals surface area contributed by atoms with Crippen LogP contribution in [0.2, 0.25) is 0 Å². The molecule has 24 heavy (non-hydrogen) atoms. The van der Waals surface area contributed by atoms with Gasteiger partial charge < -0.3 is 16.0 Å². The molecule has 0 saturated heterocycles. The van der Waals surface area contributed by atoms with Crippen LogP contribution in [-0.2, 0) is 0 Å². The number of carbonyl (C=O) groups is 1. The standard InChI is InChI=1S/C17H16N6O/c1-20-17(24)23-6-5-11-7-13(3-4-14(11)23)22(2)15-8-16(19)21-10-12(15)9-18/h3-8,10H,1-2H3,(H2,19,21)(H,20,24). The molecule has 7 heteroatoms. The summed E-state index contributed by atoms with van der Waals surface area (Å²) in [4.78, 5) is 17.7. The first kappa shape index (κ1) is 15.4. The Morgan fingerprint density at radius 3 is 2.88 bits per heavy atom. The van der Waals surface area contributed by atoms with E-state index in [4.69, 9.17) is 5.73 Å². The van der Waals surface area contributed by atoms with E-state index in [0.29, 0.717) is 17.1 Å². The molecule has 0 bridgehead atoms. The minimum Gasteiger partial charge on any atom is -0.384 e. The van der Waals surface area contributed by atoms with Crippen molar-refractivity contribution in [1.82, 2.24) is 14.9 Å². The number of nitrogen functional groups attached to an aromatic ring is 1. The highest BCUT2D eigenvalue weighted by Crippen LogP contribution is 2.30. The second-order valence-corrected chi connectivity index (χ2v) is 5.28. The van der Waals surface area contributed by atoms with Crippen molar-refractivity contribution in [2.75, 3.05) is 24.7 Å². The molecule has 0 fully saturated rings. The summed E-state index contributed by atoms with van der Waals surface area (Å²) < 4.78 is 1.55. The van der Waals surface area contributed by atoms with Gasteiger partial charge in [-0.3, -0.25) is 4.57 Å². The Kier molecular flexibility index (Phi) is 3.80. The maximum Gasteiger partial charge on any atom is 0.325 e. The van der Waals surface area contributed by atoms with E-state index in [1.165, 1.54) is 6.20 Å². The zero-order chi connectivity index (χ0) is 17.3. The van der Waals surface area contributed by atoms with Gasteiger partial charge in [0.2, 0.25) is 0 Å². The van der Waals surface area contributed by atoms with Crippen molar-refractivity contribution in [3.63, 3.8) is 0 Å². The van der Waals surface area contributed by atoms with Crippen molar-refractivity contribution in [1.29, 1.82) is 5.26 Å². The van der Waals surface area contributed by atoms with Crippen LogP contribution in [0, 0.1) is 11.3 Å². The Balaban J connectivity index is 2.06. The number of anilines is 3. The fraction of sp³-hybridized carbons (Fsp3) is 0.118. The monoisotopic (exact) mass is 320 g/mol. The Morgan fingerprint density at radius 2 is 2.17 bits per heavy atom. The summed E-state index contributed by atoms with van der Waals surface area (Å²) in [5.41, 5.74) is 8.54. The molecule has 0 unspecified atom stereocenters. The van der Waals surface area contributed by atoms with E-state index >= 15 is 0 Å². The van der Waals surface area contributed by atoms with E-state index in [1.54, 1.807) is 23.9 Å². The normalized spacial score (nSPS) is 10.4. The van der Waals surface area contributed by atoms with E-state index < -0.39 is 0 Å². The molecule has 3 rings (SSSR count). The third kappa shape index (κ3) is 2.50. The zero-order valence-electron chi connectivity index (χ0n) is 13.3. The molecular formula is C17H16N6O. The predicted octanol–water partition coefficient (Wildman–Crippen LogP) is 2.45. The average Bonchev–Trinajstić information content (AvgIpc) is 3.03. The molecule has 3 aromatic rings. The number of nitrogens with two attached hydrogens (primary N) is 1. The Bertz CT molecular complexity index is 969. The lowest BCUT2D eigenvalue weighted by Gasteiger charge is -2.21. The molecule has 0 aliphatic carbocycles. The number of aromatic nitrogens is 2. The van der Waals surface area contributed by atoms with Gasteiger partial charge in [-0.1, -0.05) is 0 Å². The van der Waals surface area contributed by atoms with Gasteiger partial charge in [0, 0.05) is 43.6 Å². The molecule has 0 spiro atoms. The van der Waals surface area contributed by atoms with Crippen molar-refractivity contribution in [2.24, 2.45) is 0 Å². The first-order valence-corrected chi connectivity index (χ1v) is 7.27. The van der Waals surface area contributed by atoms with Gasteiger partial charge in [-0.15, -0.1) is 0 Å². The Labute approximate surface area is 138 Å². The SMILES string of the molecule is CNC(=O)n1ccc2cc(N(C)c3cc(N)ncc3C#N)ccc21.